The van der Waals surface area contributed by atoms with Gasteiger partial charge in [0.05, 0.1) is 26.4 Å². The van der Waals surface area contributed by atoms with Crippen LogP contribution in [0.5, 0.6) is 0 Å². The number of hydrogen-bond acceptors (Lipinski definition) is 15. The van der Waals surface area contributed by atoms with Crippen LogP contribution in [-0.4, -0.2) is 96.7 Å². The van der Waals surface area contributed by atoms with Crippen molar-refractivity contribution < 1.29 is 80.2 Å². The van der Waals surface area contributed by atoms with E-state index in [1.54, 1.807) is 0 Å². The van der Waals surface area contributed by atoms with Crippen LogP contribution < -0.4 is 0 Å². The zero-order chi connectivity index (χ0) is 70.5. The summed E-state index contributed by atoms with van der Waals surface area (Å²) in [5.41, 5.74) is 0. The Hall–Kier alpha value is -1.94. The number of aliphatic hydroxyl groups excluding tert-OH is 1. The molecule has 0 aromatic carbocycles. The van der Waals surface area contributed by atoms with Gasteiger partial charge < -0.3 is 33.8 Å². The van der Waals surface area contributed by atoms with Crippen molar-refractivity contribution in [2.75, 3.05) is 39.6 Å². The molecule has 0 rings (SSSR count). The Labute approximate surface area is 588 Å². The number of ether oxygens (including phenoxy) is 4. The summed E-state index contributed by atoms with van der Waals surface area (Å²) in [5, 5.41) is 10.6. The van der Waals surface area contributed by atoms with Gasteiger partial charge in [-0.05, 0) is 31.6 Å². The lowest BCUT2D eigenvalue weighted by atomic mass is 9.99. The lowest BCUT2D eigenvalue weighted by Crippen LogP contribution is -2.30. The van der Waals surface area contributed by atoms with E-state index in [0.29, 0.717) is 25.7 Å². The molecule has 0 aromatic heterocycles. The maximum atomic E-state index is 13.1. The number of rotatable bonds is 77. The first-order valence-electron chi connectivity index (χ1n) is 40.2. The second-order valence-corrected chi connectivity index (χ2v) is 30.9. The Morgan fingerprint density at radius 3 is 0.740 bits per heavy atom. The number of phosphoric ester groups is 2. The van der Waals surface area contributed by atoms with E-state index < -0.39 is 97.5 Å². The van der Waals surface area contributed by atoms with Crippen LogP contribution in [-0.2, 0) is 65.4 Å². The van der Waals surface area contributed by atoms with Crippen molar-refractivity contribution in [3.63, 3.8) is 0 Å². The maximum Gasteiger partial charge on any atom is 0.472 e. The average Bonchev–Trinajstić information content (AvgIpc) is 1.59. The number of aliphatic hydroxyl groups is 1. The predicted molar refractivity (Wildman–Crippen MR) is 391 cm³/mol. The molecule has 0 aliphatic rings. The Balaban J connectivity index is 5.08. The van der Waals surface area contributed by atoms with Gasteiger partial charge in [-0.2, -0.15) is 0 Å². The molecule has 0 bridgehead atoms. The number of phosphoric acid groups is 2. The number of hydrogen-bond donors (Lipinski definition) is 3. The Kier molecular flexibility index (Phi) is 68.7. The molecule has 17 nitrogen and oxygen atoms in total. The Bertz CT molecular complexity index is 1840. The normalized spacial score (nSPS) is 14.2. The molecule has 0 aliphatic heterocycles. The van der Waals surface area contributed by atoms with Crippen LogP contribution in [0.4, 0.5) is 0 Å². The fourth-order valence-corrected chi connectivity index (χ4v) is 13.4. The SMILES string of the molecule is CCCCCCCCCCCCCCCCCCCCCCC(=O)OC[C@H](COP(=O)(O)OC[C@@H](O)COP(=O)(O)OC[C@@H](COC(=O)CCCCCCCCC)OC(=O)CCCCCCCCC)OC(=O)CCCCCCCCCCCCCCCCCCCCC(C)CC. The molecular weight excluding hydrogens is 1260 g/mol. The highest BCUT2D eigenvalue weighted by Crippen LogP contribution is 2.45. The quantitative estimate of drug-likeness (QED) is 0.0222. The molecule has 0 heterocycles. The fraction of sp³-hybridized carbons (Fsp3) is 0.948. The van der Waals surface area contributed by atoms with Crippen molar-refractivity contribution in [1.29, 1.82) is 0 Å². The first-order valence-corrected chi connectivity index (χ1v) is 43.2. The molecule has 0 spiro atoms. The molecule has 19 heteroatoms. The monoisotopic (exact) mass is 1410 g/mol. The molecule has 0 aromatic rings. The van der Waals surface area contributed by atoms with Gasteiger partial charge in [-0.1, -0.05) is 356 Å². The number of esters is 4. The van der Waals surface area contributed by atoms with Crippen molar-refractivity contribution in [3.8, 4) is 0 Å². The standard InChI is InChI=1S/C77H150O17P2/c1-6-10-13-16-19-20-21-22-23-24-25-26-30-33-36-39-42-47-51-56-61-75(80)88-67-73(94-77(82)63-58-53-48-43-40-37-34-31-28-27-29-32-35-38-41-46-49-54-59-70(5)9-4)69-92-96(85,86)90-65-71(78)64-89-95(83,84)91-68-72(93-76(81)62-57-52-45-18-15-12-8-3)66-87-74(79)60-55-50-44-17-14-11-7-2/h70-73,78H,6-69H2,1-5H3,(H,83,84)(H,85,86)/t70?,71-,72+,73+/m0/s1. The first-order chi connectivity index (χ1) is 46.6. The molecule has 6 atom stereocenters. The summed E-state index contributed by atoms with van der Waals surface area (Å²) in [5.74, 6) is -1.25. The van der Waals surface area contributed by atoms with Crippen LogP contribution in [0.1, 0.15) is 407 Å². The number of carbonyl (C=O) groups is 4. The van der Waals surface area contributed by atoms with Crippen LogP contribution in [0.2, 0.25) is 0 Å². The molecule has 0 saturated carbocycles. The van der Waals surface area contributed by atoms with E-state index in [4.69, 9.17) is 37.0 Å². The van der Waals surface area contributed by atoms with Gasteiger partial charge in [-0.15, -0.1) is 0 Å². The van der Waals surface area contributed by atoms with Crippen LogP contribution in [0, 0.1) is 5.92 Å². The highest BCUT2D eigenvalue weighted by Gasteiger charge is 2.30. The van der Waals surface area contributed by atoms with Gasteiger partial charge in [0.15, 0.2) is 12.2 Å². The largest absolute Gasteiger partial charge is 0.472 e. The molecule has 0 radical (unpaired) electrons. The molecule has 96 heavy (non-hydrogen) atoms. The van der Waals surface area contributed by atoms with Gasteiger partial charge >= 0.3 is 39.5 Å². The van der Waals surface area contributed by atoms with E-state index in [1.165, 1.54) is 205 Å². The second-order valence-electron chi connectivity index (χ2n) is 28.0. The summed E-state index contributed by atoms with van der Waals surface area (Å²) in [6.45, 7) is 7.27. The van der Waals surface area contributed by atoms with Crippen LogP contribution in [0.25, 0.3) is 0 Å². The van der Waals surface area contributed by atoms with Crippen LogP contribution >= 0.6 is 15.6 Å². The van der Waals surface area contributed by atoms with Crippen molar-refractivity contribution >= 4 is 39.5 Å². The minimum atomic E-state index is -4.96. The smallest absolute Gasteiger partial charge is 0.462 e. The minimum Gasteiger partial charge on any atom is -0.462 e. The summed E-state index contributed by atoms with van der Waals surface area (Å²) in [6, 6.07) is 0. The Morgan fingerprint density at radius 2 is 0.500 bits per heavy atom. The minimum absolute atomic E-state index is 0.104. The molecular formula is C77H150O17P2. The summed E-state index contributed by atoms with van der Waals surface area (Å²) in [4.78, 5) is 72.5. The van der Waals surface area contributed by atoms with Crippen molar-refractivity contribution in [1.82, 2.24) is 0 Å². The maximum absolute atomic E-state index is 13.1. The van der Waals surface area contributed by atoms with E-state index in [9.17, 15) is 43.2 Å². The van der Waals surface area contributed by atoms with Gasteiger partial charge in [-0.3, -0.25) is 37.3 Å². The van der Waals surface area contributed by atoms with E-state index in [1.807, 2.05) is 0 Å². The topological polar surface area (TPSA) is 237 Å². The summed E-state index contributed by atoms with van der Waals surface area (Å²) in [6.07, 6.45) is 60.2. The van der Waals surface area contributed by atoms with Crippen molar-refractivity contribution in [2.45, 2.75) is 425 Å². The zero-order valence-electron chi connectivity index (χ0n) is 62.5. The molecule has 0 saturated heterocycles. The first kappa shape index (κ1) is 94.1. The van der Waals surface area contributed by atoms with Crippen LogP contribution in [0.15, 0.2) is 0 Å². The van der Waals surface area contributed by atoms with Gasteiger partial charge in [0.25, 0.3) is 0 Å². The fourth-order valence-electron chi connectivity index (χ4n) is 11.8. The number of unbranched alkanes of at least 4 members (excludes halogenated alkanes) is 48. The van der Waals surface area contributed by atoms with Crippen LogP contribution in [0.3, 0.4) is 0 Å². The molecule has 3 unspecified atom stereocenters. The predicted octanol–water partition coefficient (Wildman–Crippen LogP) is 22.9. The van der Waals surface area contributed by atoms with E-state index in [0.717, 1.165) is 121 Å². The molecule has 0 aliphatic carbocycles. The highest BCUT2D eigenvalue weighted by molar-refractivity contribution is 7.47. The zero-order valence-corrected chi connectivity index (χ0v) is 64.3. The summed E-state index contributed by atoms with van der Waals surface area (Å²) >= 11 is 0. The van der Waals surface area contributed by atoms with Crippen molar-refractivity contribution in [3.05, 3.63) is 0 Å². The average molecular weight is 1410 g/mol. The molecule has 0 amide bonds. The summed E-state index contributed by atoms with van der Waals surface area (Å²) < 4.78 is 68.2. The van der Waals surface area contributed by atoms with E-state index in [2.05, 4.69) is 34.6 Å². The lowest BCUT2D eigenvalue weighted by molar-refractivity contribution is -0.161. The van der Waals surface area contributed by atoms with E-state index >= 15 is 0 Å². The molecule has 0 fully saturated rings. The third-order valence-corrected chi connectivity index (χ3v) is 20.3. The highest BCUT2D eigenvalue weighted by atomic mass is 31.2. The molecule has 570 valence electrons. The second kappa shape index (κ2) is 70.1. The summed E-state index contributed by atoms with van der Waals surface area (Å²) in [7, 11) is -9.90. The molecule has 3 N–H and O–H groups in total. The third kappa shape index (κ3) is 69.2. The van der Waals surface area contributed by atoms with Crippen molar-refractivity contribution in [2.24, 2.45) is 5.92 Å². The van der Waals surface area contributed by atoms with Gasteiger partial charge in [0.1, 0.15) is 19.3 Å². The Morgan fingerprint density at radius 1 is 0.292 bits per heavy atom. The van der Waals surface area contributed by atoms with Gasteiger partial charge in [0.2, 0.25) is 0 Å². The van der Waals surface area contributed by atoms with Gasteiger partial charge in [0, 0.05) is 25.7 Å². The third-order valence-electron chi connectivity index (χ3n) is 18.4. The number of carbonyl (C=O) groups excluding carboxylic acids is 4. The van der Waals surface area contributed by atoms with E-state index in [-0.39, 0.29) is 25.7 Å². The van der Waals surface area contributed by atoms with Gasteiger partial charge in [-0.25, -0.2) is 9.13 Å². The lowest BCUT2D eigenvalue weighted by Gasteiger charge is -2.21.